The van der Waals surface area contributed by atoms with Crippen LogP contribution in [0, 0.1) is 7.14 Å². The molecule has 30 heavy (non-hydrogen) atoms. The summed E-state index contributed by atoms with van der Waals surface area (Å²) < 4.78 is 7.60. The number of methoxy groups -OCH3 is 1. The van der Waals surface area contributed by atoms with Crippen molar-refractivity contribution in [2.75, 3.05) is 36.8 Å². The Hall–Kier alpha value is -2.22. The number of anilines is 3. The van der Waals surface area contributed by atoms with E-state index in [0.29, 0.717) is 24.4 Å². The molecule has 1 heterocycles. The zero-order chi connectivity index (χ0) is 21.5. The van der Waals surface area contributed by atoms with E-state index >= 15 is 0 Å². The van der Waals surface area contributed by atoms with Crippen molar-refractivity contribution in [1.29, 1.82) is 0 Å². The maximum atomic E-state index is 5.47. The quantitative estimate of drug-likeness (QED) is 0.220. The SMILES string of the molecule is COc1cc(I)cc(I)c1/C=N/Nc1nc(NCc2ccccc2)nc(N(C)C)n1. The second kappa shape index (κ2) is 10.7. The van der Waals surface area contributed by atoms with Gasteiger partial charge in [0.25, 0.3) is 0 Å². The molecule has 0 unspecified atom stereocenters. The van der Waals surface area contributed by atoms with Gasteiger partial charge in [0.1, 0.15) is 5.75 Å². The summed E-state index contributed by atoms with van der Waals surface area (Å²) in [5.74, 6) is 2.10. The molecule has 0 amide bonds. The lowest BCUT2D eigenvalue weighted by Gasteiger charge is -2.13. The molecule has 0 aliphatic heterocycles. The summed E-state index contributed by atoms with van der Waals surface area (Å²) in [6, 6.07) is 14.1. The number of aromatic nitrogens is 3. The number of rotatable bonds is 8. The Morgan fingerprint density at radius 3 is 2.50 bits per heavy atom. The van der Waals surface area contributed by atoms with Crippen molar-refractivity contribution < 1.29 is 4.74 Å². The van der Waals surface area contributed by atoms with Crippen LogP contribution in [0.2, 0.25) is 0 Å². The lowest BCUT2D eigenvalue weighted by atomic mass is 10.2. The molecule has 3 aromatic rings. The first-order chi connectivity index (χ1) is 14.5. The van der Waals surface area contributed by atoms with E-state index in [4.69, 9.17) is 4.74 Å². The largest absolute Gasteiger partial charge is 0.496 e. The minimum absolute atomic E-state index is 0.347. The lowest BCUT2D eigenvalue weighted by molar-refractivity contribution is 0.413. The van der Waals surface area contributed by atoms with Crippen molar-refractivity contribution in [2.24, 2.45) is 5.10 Å². The third kappa shape index (κ3) is 6.14. The second-order valence-electron chi connectivity index (χ2n) is 6.39. The summed E-state index contributed by atoms with van der Waals surface area (Å²) in [5.41, 5.74) is 4.92. The first-order valence-electron chi connectivity index (χ1n) is 8.99. The molecule has 2 N–H and O–H groups in total. The van der Waals surface area contributed by atoms with Crippen LogP contribution < -0.4 is 20.4 Å². The number of ether oxygens (including phenoxy) is 1. The number of nitrogens with one attached hydrogen (secondary N) is 2. The van der Waals surface area contributed by atoms with E-state index in [2.05, 4.69) is 82.0 Å². The van der Waals surface area contributed by atoms with Gasteiger partial charge in [-0.25, -0.2) is 5.43 Å². The fourth-order valence-corrected chi connectivity index (χ4v) is 4.41. The van der Waals surface area contributed by atoms with Crippen LogP contribution in [-0.2, 0) is 6.54 Å². The van der Waals surface area contributed by atoms with Crippen molar-refractivity contribution in [3.05, 3.63) is 60.7 Å². The van der Waals surface area contributed by atoms with Crippen molar-refractivity contribution in [3.8, 4) is 5.75 Å². The Balaban J connectivity index is 1.78. The Morgan fingerprint density at radius 2 is 1.80 bits per heavy atom. The van der Waals surface area contributed by atoms with E-state index < -0.39 is 0 Å². The standard InChI is InChI=1S/C20H21I2N7O/c1-29(2)20-26-18(23-11-13-7-5-4-6-8-13)25-19(27-20)28-24-12-15-16(22)9-14(21)10-17(15)30-3/h4-10,12H,11H2,1-3H3,(H2,23,25,26,27,28)/b24-12+. The molecule has 0 aliphatic rings. The normalized spacial score (nSPS) is 10.8. The maximum absolute atomic E-state index is 5.47. The number of halogens is 2. The van der Waals surface area contributed by atoms with Gasteiger partial charge >= 0.3 is 0 Å². The minimum atomic E-state index is 0.347. The predicted molar refractivity (Wildman–Crippen MR) is 138 cm³/mol. The first-order valence-corrected chi connectivity index (χ1v) is 11.2. The molecule has 0 saturated carbocycles. The molecule has 156 valence electrons. The zero-order valence-electron chi connectivity index (χ0n) is 16.7. The second-order valence-corrected chi connectivity index (χ2v) is 8.80. The molecule has 0 atom stereocenters. The molecular formula is C20H21I2N7O. The first kappa shape index (κ1) is 22.5. The number of nitrogens with zero attached hydrogens (tertiary/aromatic N) is 5. The maximum Gasteiger partial charge on any atom is 0.250 e. The van der Waals surface area contributed by atoms with Crippen molar-refractivity contribution in [2.45, 2.75) is 6.54 Å². The highest BCUT2D eigenvalue weighted by atomic mass is 127. The molecule has 0 aliphatic carbocycles. The van der Waals surface area contributed by atoms with Gasteiger partial charge in [-0.05, 0) is 62.9 Å². The van der Waals surface area contributed by atoms with Crippen molar-refractivity contribution in [3.63, 3.8) is 0 Å². The van der Waals surface area contributed by atoms with E-state index in [1.165, 1.54) is 0 Å². The average molecular weight is 629 g/mol. The van der Waals surface area contributed by atoms with Crippen LogP contribution in [0.5, 0.6) is 5.75 Å². The highest BCUT2D eigenvalue weighted by molar-refractivity contribution is 14.1. The molecule has 3 rings (SSSR count). The molecular weight excluding hydrogens is 608 g/mol. The summed E-state index contributed by atoms with van der Waals surface area (Å²) in [6.07, 6.45) is 1.70. The van der Waals surface area contributed by atoms with E-state index in [-0.39, 0.29) is 0 Å². The Labute approximate surface area is 202 Å². The molecule has 8 nitrogen and oxygen atoms in total. The van der Waals surface area contributed by atoms with Gasteiger partial charge in [0.05, 0.1) is 18.9 Å². The van der Waals surface area contributed by atoms with Crippen LogP contribution >= 0.6 is 45.2 Å². The number of benzene rings is 2. The smallest absolute Gasteiger partial charge is 0.250 e. The number of hydrazone groups is 1. The lowest BCUT2D eigenvalue weighted by Crippen LogP contribution is -2.16. The Kier molecular flexibility index (Phi) is 8.01. The Bertz CT molecular complexity index is 1030. The van der Waals surface area contributed by atoms with Crippen LogP contribution in [0.1, 0.15) is 11.1 Å². The minimum Gasteiger partial charge on any atom is -0.496 e. The van der Waals surface area contributed by atoms with Gasteiger partial charge in [0.15, 0.2) is 0 Å². The predicted octanol–water partition coefficient (Wildman–Crippen LogP) is 4.21. The average Bonchev–Trinajstić information content (AvgIpc) is 2.74. The Morgan fingerprint density at radius 1 is 1.07 bits per heavy atom. The molecule has 0 fully saturated rings. The van der Waals surface area contributed by atoms with E-state index in [1.807, 2.05) is 55.4 Å². The molecule has 0 spiro atoms. The van der Waals surface area contributed by atoms with E-state index in [9.17, 15) is 0 Å². The zero-order valence-corrected chi connectivity index (χ0v) is 21.0. The fourth-order valence-electron chi connectivity index (χ4n) is 2.48. The van der Waals surface area contributed by atoms with Crippen LogP contribution in [-0.4, -0.2) is 42.4 Å². The summed E-state index contributed by atoms with van der Waals surface area (Å²) >= 11 is 4.52. The summed E-state index contributed by atoms with van der Waals surface area (Å²) in [4.78, 5) is 15.1. The summed E-state index contributed by atoms with van der Waals surface area (Å²) in [5, 5.41) is 7.55. The molecule has 1 aromatic heterocycles. The van der Waals surface area contributed by atoms with Crippen LogP contribution in [0.25, 0.3) is 0 Å². The van der Waals surface area contributed by atoms with Crippen molar-refractivity contribution in [1.82, 2.24) is 15.0 Å². The molecule has 0 radical (unpaired) electrons. The fraction of sp³-hybridized carbons (Fsp3) is 0.200. The van der Waals surface area contributed by atoms with Crippen LogP contribution in [0.15, 0.2) is 47.6 Å². The van der Waals surface area contributed by atoms with Crippen molar-refractivity contribution >= 4 is 69.2 Å². The van der Waals surface area contributed by atoms with Gasteiger partial charge in [-0.3, -0.25) is 0 Å². The van der Waals surface area contributed by atoms with E-state index in [1.54, 1.807) is 13.3 Å². The van der Waals surface area contributed by atoms with Gasteiger partial charge in [-0.1, -0.05) is 30.3 Å². The number of hydrogen-bond donors (Lipinski definition) is 2. The van der Waals surface area contributed by atoms with Gasteiger partial charge in [0, 0.05) is 27.8 Å². The topological polar surface area (TPSA) is 87.6 Å². The monoisotopic (exact) mass is 629 g/mol. The highest BCUT2D eigenvalue weighted by Gasteiger charge is 2.09. The van der Waals surface area contributed by atoms with Gasteiger partial charge < -0.3 is 15.0 Å². The van der Waals surface area contributed by atoms with Crippen LogP contribution in [0.3, 0.4) is 0 Å². The third-order valence-corrected chi connectivity index (χ3v) is 5.47. The highest BCUT2D eigenvalue weighted by Crippen LogP contribution is 2.25. The van der Waals surface area contributed by atoms with Crippen LogP contribution in [0.4, 0.5) is 17.8 Å². The summed E-state index contributed by atoms with van der Waals surface area (Å²) in [6.45, 7) is 0.610. The van der Waals surface area contributed by atoms with Gasteiger partial charge in [-0.2, -0.15) is 20.1 Å². The number of hydrogen-bond acceptors (Lipinski definition) is 8. The van der Waals surface area contributed by atoms with E-state index in [0.717, 1.165) is 24.0 Å². The van der Waals surface area contributed by atoms with Gasteiger partial charge in [0.2, 0.25) is 17.8 Å². The molecule has 0 bridgehead atoms. The third-order valence-electron chi connectivity index (χ3n) is 3.95. The summed E-state index contributed by atoms with van der Waals surface area (Å²) in [7, 11) is 5.40. The van der Waals surface area contributed by atoms with Gasteiger partial charge in [-0.15, -0.1) is 0 Å². The molecule has 2 aromatic carbocycles. The molecule has 10 heteroatoms. The molecule has 0 saturated heterocycles.